The monoisotopic (exact) mass is 239 g/mol. The molecule has 2 unspecified atom stereocenters. The van der Waals surface area contributed by atoms with Crippen molar-refractivity contribution in [3.05, 3.63) is 0 Å². The smallest absolute Gasteiger partial charge is 0.0238 e. The molecule has 2 N–H and O–H groups in total. The van der Waals surface area contributed by atoms with Gasteiger partial charge >= 0.3 is 0 Å². The molecule has 3 heteroatoms. The van der Waals surface area contributed by atoms with Gasteiger partial charge in [0.2, 0.25) is 0 Å². The van der Waals surface area contributed by atoms with E-state index in [4.69, 9.17) is 5.73 Å². The van der Waals surface area contributed by atoms with Gasteiger partial charge in [0.25, 0.3) is 0 Å². The average molecular weight is 239 g/mol. The van der Waals surface area contributed by atoms with Gasteiger partial charge in [0.1, 0.15) is 0 Å². The summed E-state index contributed by atoms with van der Waals surface area (Å²) >= 11 is 0. The van der Waals surface area contributed by atoms with Crippen LogP contribution in [0, 0.1) is 0 Å². The summed E-state index contributed by atoms with van der Waals surface area (Å²) in [5.41, 5.74) is 5.79. The molecule has 0 aromatic carbocycles. The standard InChI is InChI=1S/C14H29N3/c1-12-10-17(13-6-4-3-5-7-13)14(8-9-15)11-16(12)2/h12-14H,3-11,15H2,1-2H3. The van der Waals surface area contributed by atoms with Crippen LogP contribution in [0.5, 0.6) is 0 Å². The maximum Gasteiger partial charge on any atom is 0.0238 e. The zero-order valence-corrected chi connectivity index (χ0v) is 11.6. The van der Waals surface area contributed by atoms with Gasteiger partial charge in [0.15, 0.2) is 0 Å². The van der Waals surface area contributed by atoms with E-state index in [1.165, 1.54) is 45.2 Å². The fraction of sp³-hybridized carbons (Fsp3) is 1.00. The van der Waals surface area contributed by atoms with E-state index in [1.807, 2.05) is 0 Å². The lowest BCUT2D eigenvalue weighted by Gasteiger charge is -2.48. The molecule has 2 atom stereocenters. The molecule has 0 aromatic rings. The van der Waals surface area contributed by atoms with Crippen molar-refractivity contribution in [3.63, 3.8) is 0 Å². The van der Waals surface area contributed by atoms with Crippen LogP contribution in [0.3, 0.4) is 0 Å². The average Bonchev–Trinajstić information content (AvgIpc) is 2.35. The van der Waals surface area contributed by atoms with Crippen molar-refractivity contribution < 1.29 is 0 Å². The summed E-state index contributed by atoms with van der Waals surface area (Å²) in [5.74, 6) is 0. The predicted molar refractivity (Wildman–Crippen MR) is 73.1 cm³/mol. The van der Waals surface area contributed by atoms with Crippen molar-refractivity contribution in [3.8, 4) is 0 Å². The molecular weight excluding hydrogens is 210 g/mol. The fourth-order valence-electron chi connectivity index (χ4n) is 3.52. The molecule has 0 radical (unpaired) electrons. The molecule has 2 fully saturated rings. The van der Waals surface area contributed by atoms with Crippen LogP contribution in [0.4, 0.5) is 0 Å². The second-order valence-electron chi connectivity index (χ2n) is 6.01. The molecule has 2 rings (SSSR count). The first-order chi connectivity index (χ1) is 8.22. The quantitative estimate of drug-likeness (QED) is 0.813. The largest absolute Gasteiger partial charge is 0.330 e. The number of hydrogen-bond donors (Lipinski definition) is 1. The van der Waals surface area contributed by atoms with Crippen molar-refractivity contribution in [2.24, 2.45) is 5.73 Å². The summed E-state index contributed by atoms with van der Waals surface area (Å²) in [6.45, 7) is 5.63. The van der Waals surface area contributed by atoms with Crippen molar-refractivity contribution in [1.29, 1.82) is 0 Å². The van der Waals surface area contributed by atoms with Crippen LogP contribution in [-0.4, -0.2) is 54.6 Å². The van der Waals surface area contributed by atoms with Gasteiger partial charge in [-0.3, -0.25) is 4.90 Å². The van der Waals surface area contributed by atoms with Crippen LogP contribution in [0.15, 0.2) is 0 Å². The Labute approximate surface area is 106 Å². The Morgan fingerprint density at radius 3 is 2.47 bits per heavy atom. The Bertz CT molecular complexity index is 226. The van der Waals surface area contributed by atoms with Crippen molar-refractivity contribution in [2.75, 3.05) is 26.7 Å². The summed E-state index contributed by atoms with van der Waals surface area (Å²) in [7, 11) is 2.26. The number of likely N-dealkylation sites (N-methyl/N-ethyl adjacent to an activating group) is 1. The molecule has 3 nitrogen and oxygen atoms in total. The summed E-state index contributed by atoms with van der Waals surface area (Å²) in [6.07, 6.45) is 8.30. The van der Waals surface area contributed by atoms with Gasteiger partial charge in [0.05, 0.1) is 0 Å². The summed E-state index contributed by atoms with van der Waals surface area (Å²) in [5, 5.41) is 0. The topological polar surface area (TPSA) is 32.5 Å². The first-order valence-corrected chi connectivity index (χ1v) is 7.38. The molecule has 0 bridgehead atoms. The first kappa shape index (κ1) is 13.3. The highest BCUT2D eigenvalue weighted by Gasteiger charge is 2.33. The Balaban J connectivity index is 1.99. The minimum atomic E-state index is 0.698. The number of hydrogen-bond acceptors (Lipinski definition) is 3. The minimum Gasteiger partial charge on any atom is -0.330 e. The van der Waals surface area contributed by atoms with E-state index in [-0.39, 0.29) is 0 Å². The number of piperazine rings is 1. The molecule has 2 aliphatic rings. The molecule has 1 aliphatic heterocycles. The van der Waals surface area contributed by atoms with Crippen molar-refractivity contribution in [2.45, 2.75) is 63.6 Å². The Morgan fingerprint density at radius 2 is 1.82 bits per heavy atom. The molecule has 1 saturated carbocycles. The van der Waals surface area contributed by atoms with E-state index in [2.05, 4.69) is 23.8 Å². The zero-order valence-electron chi connectivity index (χ0n) is 11.6. The number of rotatable bonds is 3. The Hall–Kier alpha value is -0.120. The third kappa shape index (κ3) is 3.21. The van der Waals surface area contributed by atoms with E-state index in [9.17, 15) is 0 Å². The van der Waals surface area contributed by atoms with E-state index < -0.39 is 0 Å². The second-order valence-corrected chi connectivity index (χ2v) is 6.01. The van der Waals surface area contributed by atoms with E-state index in [0.717, 1.165) is 19.0 Å². The lowest BCUT2D eigenvalue weighted by molar-refractivity contribution is 0.00651. The third-order valence-electron chi connectivity index (χ3n) is 4.74. The van der Waals surface area contributed by atoms with Gasteiger partial charge in [-0.15, -0.1) is 0 Å². The molecule has 0 aromatic heterocycles. The molecule has 1 saturated heterocycles. The SMILES string of the molecule is CC1CN(C2CCCCC2)C(CCN)CN1C. The van der Waals surface area contributed by atoms with Crippen LogP contribution in [0.2, 0.25) is 0 Å². The highest BCUT2D eigenvalue weighted by molar-refractivity contribution is 4.90. The maximum absolute atomic E-state index is 5.79. The van der Waals surface area contributed by atoms with Crippen LogP contribution in [0.1, 0.15) is 45.4 Å². The van der Waals surface area contributed by atoms with Crippen molar-refractivity contribution in [1.82, 2.24) is 9.80 Å². The second kappa shape index (κ2) is 6.17. The molecule has 1 heterocycles. The van der Waals surface area contributed by atoms with Crippen LogP contribution in [-0.2, 0) is 0 Å². The van der Waals surface area contributed by atoms with Gasteiger partial charge in [0, 0.05) is 31.2 Å². The molecule has 0 amide bonds. The highest BCUT2D eigenvalue weighted by atomic mass is 15.3. The van der Waals surface area contributed by atoms with Gasteiger partial charge in [-0.25, -0.2) is 0 Å². The molecule has 100 valence electrons. The number of nitrogens with two attached hydrogens (primary N) is 1. The van der Waals surface area contributed by atoms with Crippen LogP contribution in [0.25, 0.3) is 0 Å². The van der Waals surface area contributed by atoms with Crippen molar-refractivity contribution >= 4 is 0 Å². The van der Waals surface area contributed by atoms with E-state index in [0.29, 0.717) is 12.1 Å². The molecular formula is C14H29N3. The number of nitrogens with zero attached hydrogens (tertiary/aromatic N) is 2. The van der Waals surface area contributed by atoms with E-state index in [1.54, 1.807) is 0 Å². The maximum atomic E-state index is 5.79. The highest BCUT2D eigenvalue weighted by Crippen LogP contribution is 2.28. The van der Waals surface area contributed by atoms with Gasteiger partial charge in [-0.1, -0.05) is 19.3 Å². The lowest BCUT2D eigenvalue weighted by Crippen LogP contribution is -2.59. The molecule has 0 spiro atoms. The van der Waals surface area contributed by atoms with Gasteiger partial charge < -0.3 is 10.6 Å². The zero-order chi connectivity index (χ0) is 12.3. The molecule has 17 heavy (non-hydrogen) atoms. The third-order valence-corrected chi connectivity index (χ3v) is 4.74. The molecule has 1 aliphatic carbocycles. The summed E-state index contributed by atoms with van der Waals surface area (Å²) < 4.78 is 0. The Morgan fingerprint density at radius 1 is 1.12 bits per heavy atom. The van der Waals surface area contributed by atoms with E-state index >= 15 is 0 Å². The normalized spacial score (nSPS) is 34.1. The summed E-state index contributed by atoms with van der Waals surface area (Å²) in [6, 6.07) is 2.24. The predicted octanol–water partition coefficient (Wildman–Crippen LogP) is 1.67. The Kier molecular flexibility index (Phi) is 4.83. The first-order valence-electron chi connectivity index (χ1n) is 7.38. The van der Waals surface area contributed by atoms with Crippen LogP contribution < -0.4 is 5.73 Å². The lowest BCUT2D eigenvalue weighted by atomic mass is 9.91. The minimum absolute atomic E-state index is 0.698. The fourth-order valence-corrected chi connectivity index (χ4v) is 3.52. The summed E-state index contributed by atoms with van der Waals surface area (Å²) in [4.78, 5) is 5.29. The van der Waals surface area contributed by atoms with Gasteiger partial charge in [-0.2, -0.15) is 0 Å². The van der Waals surface area contributed by atoms with Crippen LogP contribution >= 0.6 is 0 Å². The van der Waals surface area contributed by atoms with Gasteiger partial charge in [-0.05, 0) is 39.8 Å².